The number of fused-ring (bicyclic) bond motifs is 1. The summed E-state index contributed by atoms with van der Waals surface area (Å²) in [5.74, 6) is -1.05. The summed E-state index contributed by atoms with van der Waals surface area (Å²) in [6.45, 7) is 4.21. The molecular formula is C22H24N6O6. The Morgan fingerprint density at radius 1 is 1.15 bits per heavy atom. The number of carbonyl (C=O) groups excluding carboxylic acids is 4. The maximum atomic E-state index is 12.8. The summed E-state index contributed by atoms with van der Waals surface area (Å²) < 4.78 is 10.9. The molecule has 2 N–H and O–H groups in total. The predicted molar refractivity (Wildman–Crippen MR) is 121 cm³/mol. The van der Waals surface area contributed by atoms with Gasteiger partial charge in [-0.15, -0.1) is 0 Å². The molecule has 0 unspecified atom stereocenters. The van der Waals surface area contributed by atoms with E-state index >= 15 is 0 Å². The number of aryl methyl sites for hydroxylation is 2. The molecule has 0 fully saturated rings. The molecule has 34 heavy (non-hydrogen) atoms. The van der Waals surface area contributed by atoms with E-state index in [1.54, 1.807) is 42.9 Å². The van der Waals surface area contributed by atoms with Crippen LogP contribution in [-0.2, 0) is 14.3 Å². The van der Waals surface area contributed by atoms with Crippen LogP contribution < -0.4 is 10.6 Å². The van der Waals surface area contributed by atoms with Crippen LogP contribution in [0.3, 0.4) is 0 Å². The van der Waals surface area contributed by atoms with Crippen molar-refractivity contribution in [1.29, 1.82) is 0 Å². The summed E-state index contributed by atoms with van der Waals surface area (Å²) in [6, 6.07) is 4.86. The number of benzene rings is 1. The number of hydrogen-bond donors (Lipinski definition) is 2. The van der Waals surface area contributed by atoms with E-state index in [0.717, 1.165) is 10.5 Å². The summed E-state index contributed by atoms with van der Waals surface area (Å²) in [6.07, 6.45) is 1.99. The highest BCUT2D eigenvalue weighted by molar-refractivity contribution is 6.03. The second kappa shape index (κ2) is 9.98. The minimum Gasteiger partial charge on any atom is -0.428 e. The molecule has 2 heterocycles. The zero-order valence-electron chi connectivity index (χ0n) is 19.3. The van der Waals surface area contributed by atoms with Crippen molar-refractivity contribution in [2.75, 3.05) is 26.2 Å². The standard InChI is InChI=1S/C22H24N6O6/c1-12-6-7-15(21(31)27(5)22(32)34-11-33-14(3)29)8-17(12)26-19-18-13(2)16(20(30)23-4)9-28(18)25-10-24-19/h6-10H,11H2,1-5H3,(H,23,30)(H,24,25,26). The van der Waals surface area contributed by atoms with Crippen molar-refractivity contribution < 1.29 is 28.7 Å². The fourth-order valence-corrected chi connectivity index (χ4v) is 3.17. The first kappa shape index (κ1) is 24.2. The van der Waals surface area contributed by atoms with Gasteiger partial charge in [0.25, 0.3) is 11.8 Å². The molecule has 0 saturated carbocycles. The van der Waals surface area contributed by atoms with Gasteiger partial charge in [0.05, 0.1) is 5.56 Å². The second-order valence-corrected chi connectivity index (χ2v) is 7.33. The molecule has 0 aliphatic rings. The lowest BCUT2D eigenvalue weighted by Crippen LogP contribution is -2.34. The van der Waals surface area contributed by atoms with Crippen molar-refractivity contribution in [2.45, 2.75) is 20.8 Å². The van der Waals surface area contributed by atoms with Crippen LogP contribution in [0.15, 0.2) is 30.7 Å². The SMILES string of the molecule is CNC(=O)c1cn2ncnc(Nc3cc(C(=O)N(C)C(=O)OCOC(C)=O)ccc3C)c2c1C. The number of nitrogens with one attached hydrogen (secondary N) is 2. The molecule has 0 spiro atoms. The van der Waals surface area contributed by atoms with Gasteiger partial charge in [-0.2, -0.15) is 5.10 Å². The lowest BCUT2D eigenvalue weighted by Gasteiger charge is -2.17. The van der Waals surface area contributed by atoms with E-state index in [4.69, 9.17) is 4.74 Å². The van der Waals surface area contributed by atoms with E-state index in [2.05, 4.69) is 25.5 Å². The summed E-state index contributed by atoms with van der Waals surface area (Å²) in [7, 11) is 2.80. The topological polar surface area (TPSA) is 144 Å². The molecular weight excluding hydrogens is 444 g/mol. The Balaban J connectivity index is 1.87. The molecule has 3 rings (SSSR count). The molecule has 1 aromatic carbocycles. The Bertz CT molecular complexity index is 1280. The predicted octanol–water partition coefficient (Wildman–Crippen LogP) is 2.18. The zero-order chi connectivity index (χ0) is 25.0. The Kier molecular flexibility index (Phi) is 7.09. The number of esters is 1. The first-order chi connectivity index (χ1) is 16.1. The van der Waals surface area contributed by atoms with Crippen LogP contribution in [-0.4, -0.2) is 64.3 Å². The molecule has 178 valence electrons. The van der Waals surface area contributed by atoms with E-state index in [1.165, 1.54) is 20.3 Å². The highest BCUT2D eigenvalue weighted by atomic mass is 16.7. The molecule has 2 aromatic heterocycles. The molecule has 0 saturated heterocycles. The van der Waals surface area contributed by atoms with Gasteiger partial charge in [0.1, 0.15) is 11.8 Å². The second-order valence-electron chi connectivity index (χ2n) is 7.33. The van der Waals surface area contributed by atoms with Gasteiger partial charge in [-0.25, -0.2) is 19.2 Å². The lowest BCUT2D eigenvalue weighted by atomic mass is 10.1. The van der Waals surface area contributed by atoms with Crippen LogP contribution in [0.2, 0.25) is 0 Å². The normalized spacial score (nSPS) is 10.5. The number of nitrogens with zero attached hydrogens (tertiary/aromatic N) is 4. The van der Waals surface area contributed by atoms with Gasteiger partial charge in [0.2, 0.25) is 6.79 Å². The number of anilines is 2. The van der Waals surface area contributed by atoms with Gasteiger partial charge in [-0.3, -0.25) is 14.4 Å². The fourth-order valence-electron chi connectivity index (χ4n) is 3.17. The highest BCUT2D eigenvalue weighted by Gasteiger charge is 2.22. The summed E-state index contributed by atoms with van der Waals surface area (Å²) >= 11 is 0. The van der Waals surface area contributed by atoms with Crippen molar-refractivity contribution >= 4 is 40.9 Å². The van der Waals surface area contributed by atoms with Crippen molar-refractivity contribution in [1.82, 2.24) is 24.8 Å². The van der Waals surface area contributed by atoms with Crippen LogP contribution in [0.1, 0.15) is 38.8 Å². The molecule has 12 nitrogen and oxygen atoms in total. The number of rotatable bonds is 6. The fraction of sp³-hybridized carbons (Fsp3) is 0.273. The maximum absolute atomic E-state index is 12.8. The van der Waals surface area contributed by atoms with Crippen LogP contribution >= 0.6 is 0 Å². The Hall–Kier alpha value is -4.48. The Morgan fingerprint density at radius 3 is 2.56 bits per heavy atom. The minimum atomic E-state index is -0.968. The van der Waals surface area contributed by atoms with Crippen molar-refractivity contribution in [3.63, 3.8) is 0 Å². The molecule has 12 heteroatoms. The van der Waals surface area contributed by atoms with Crippen molar-refractivity contribution in [3.05, 3.63) is 53.0 Å². The number of ether oxygens (including phenoxy) is 2. The quantitative estimate of drug-likeness (QED) is 0.411. The number of imide groups is 1. The molecule has 0 bridgehead atoms. The van der Waals surface area contributed by atoms with Crippen LogP contribution in [0.5, 0.6) is 0 Å². The van der Waals surface area contributed by atoms with E-state index < -0.39 is 24.8 Å². The maximum Gasteiger partial charge on any atom is 0.419 e. The average molecular weight is 468 g/mol. The summed E-state index contributed by atoms with van der Waals surface area (Å²) in [5.41, 5.74) is 3.33. The number of carbonyl (C=O) groups is 4. The third-order valence-electron chi connectivity index (χ3n) is 5.06. The zero-order valence-corrected chi connectivity index (χ0v) is 19.3. The van der Waals surface area contributed by atoms with Gasteiger partial charge < -0.3 is 20.1 Å². The first-order valence-electron chi connectivity index (χ1n) is 10.1. The van der Waals surface area contributed by atoms with E-state index in [0.29, 0.717) is 28.1 Å². The third-order valence-corrected chi connectivity index (χ3v) is 5.06. The number of hydrogen-bond acceptors (Lipinski definition) is 9. The Labute approximate surface area is 194 Å². The smallest absolute Gasteiger partial charge is 0.419 e. The largest absolute Gasteiger partial charge is 0.428 e. The molecule has 3 amide bonds. The monoisotopic (exact) mass is 468 g/mol. The van der Waals surface area contributed by atoms with E-state index in [-0.39, 0.29) is 11.5 Å². The van der Waals surface area contributed by atoms with Crippen molar-refractivity contribution in [3.8, 4) is 0 Å². The van der Waals surface area contributed by atoms with Crippen molar-refractivity contribution in [2.24, 2.45) is 0 Å². The molecule has 0 aliphatic carbocycles. The summed E-state index contributed by atoms with van der Waals surface area (Å²) in [4.78, 5) is 52.9. The average Bonchev–Trinajstić information content (AvgIpc) is 3.16. The highest BCUT2D eigenvalue weighted by Crippen LogP contribution is 2.27. The minimum absolute atomic E-state index is 0.211. The Morgan fingerprint density at radius 2 is 1.88 bits per heavy atom. The lowest BCUT2D eigenvalue weighted by molar-refractivity contribution is -0.149. The van der Waals surface area contributed by atoms with Gasteiger partial charge in [0.15, 0.2) is 5.82 Å². The van der Waals surface area contributed by atoms with Gasteiger partial charge in [-0.05, 0) is 37.1 Å². The third kappa shape index (κ3) is 4.95. The molecule has 0 aliphatic heterocycles. The van der Waals surface area contributed by atoms with E-state index in [1.807, 2.05) is 6.92 Å². The van der Waals surface area contributed by atoms with Gasteiger partial charge >= 0.3 is 12.1 Å². The van der Waals surface area contributed by atoms with Crippen LogP contribution in [0.25, 0.3) is 5.52 Å². The molecule has 3 aromatic rings. The summed E-state index contributed by atoms with van der Waals surface area (Å²) in [5, 5.41) is 9.95. The number of amides is 3. The molecule has 0 atom stereocenters. The number of aromatic nitrogens is 3. The molecule has 0 radical (unpaired) electrons. The van der Waals surface area contributed by atoms with Crippen LogP contribution in [0.4, 0.5) is 16.3 Å². The van der Waals surface area contributed by atoms with E-state index in [9.17, 15) is 19.2 Å². The first-order valence-corrected chi connectivity index (χ1v) is 10.1. The van der Waals surface area contributed by atoms with Gasteiger partial charge in [-0.1, -0.05) is 6.07 Å². The van der Waals surface area contributed by atoms with Crippen LogP contribution in [0, 0.1) is 13.8 Å². The van der Waals surface area contributed by atoms with Gasteiger partial charge in [0, 0.05) is 38.5 Å².